The summed E-state index contributed by atoms with van der Waals surface area (Å²) in [5.41, 5.74) is 0.903. The van der Waals surface area contributed by atoms with E-state index in [1.165, 1.54) is 6.42 Å². The SMILES string of the molecule is CC[C@H](C)[C@H](C)NCc1nnc2ccccn12. The van der Waals surface area contributed by atoms with Gasteiger partial charge in [0.25, 0.3) is 0 Å². The molecule has 2 atom stereocenters. The van der Waals surface area contributed by atoms with Gasteiger partial charge in [-0.2, -0.15) is 0 Å². The van der Waals surface area contributed by atoms with Crippen molar-refractivity contribution in [3.05, 3.63) is 30.2 Å². The van der Waals surface area contributed by atoms with Crippen LogP contribution in [0.15, 0.2) is 24.4 Å². The van der Waals surface area contributed by atoms with Gasteiger partial charge >= 0.3 is 0 Å². The zero-order valence-corrected chi connectivity index (χ0v) is 10.7. The Bertz CT molecular complexity index is 477. The molecule has 0 spiro atoms. The predicted molar refractivity (Wildman–Crippen MR) is 68.7 cm³/mol. The zero-order chi connectivity index (χ0) is 12.3. The molecule has 2 heterocycles. The molecule has 2 aromatic rings. The van der Waals surface area contributed by atoms with Crippen LogP contribution in [-0.4, -0.2) is 20.6 Å². The van der Waals surface area contributed by atoms with Crippen LogP contribution in [0.25, 0.3) is 5.65 Å². The molecule has 0 bridgehead atoms. The molecule has 0 fully saturated rings. The van der Waals surface area contributed by atoms with E-state index in [2.05, 4.69) is 36.3 Å². The number of hydrogen-bond acceptors (Lipinski definition) is 3. The zero-order valence-electron chi connectivity index (χ0n) is 10.7. The first-order chi connectivity index (χ1) is 8.22. The van der Waals surface area contributed by atoms with Crippen molar-refractivity contribution in [3.63, 3.8) is 0 Å². The van der Waals surface area contributed by atoms with Crippen LogP contribution in [0.2, 0.25) is 0 Å². The van der Waals surface area contributed by atoms with Gasteiger partial charge in [0, 0.05) is 12.2 Å². The molecule has 0 aliphatic rings. The lowest BCUT2D eigenvalue weighted by Crippen LogP contribution is -2.31. The molecule has 0 aromatic carbocycles. The van der Waals surface area contributed by atoms with Crippen molar-refractivity contribution in [3.8, 4) is 0 Å². The highest BCUT2D eigenvalue weighted by molar-refractivity contribution is 5.36. The van der Waals surface area contributed by atoms with Crippen LogP contribution in [0.4, 0.5) is 0 Å². The molecule has 2 rings (SSSR count). The number of fused-ring (bicyclic) bond motifs is 1. The maximum Gasteiger partial charge on any atom is 0.160 e. The summed E-state index contributed by atoms with van der Waals surface area (Å²) in [6.07, 6.45) is 3.19. The molecule has 0 saturated carbocycles. The van der Waals surface area contributed by atoms with Crippen molar-refractivity contribution in [1.29, 1.82) is 0 Å². The Morgan fingerprint density at radius 1 is 1.29 bits per heavy atom. The number of nitrogens with zero attached hydrogens (tertiary/aromatic N) is 3. The maximum absolute atomic E-state index is 4.20. The van der Waals surface area contributed by atoms with Crippen LogP contribution in [0.5, 0.6) is 0 Å². The molecule has 1 N–H and O–H groups in total. The second-order valence-corrected chi connectivity index (χ2v) is 4.60. The molecule has 0 radical (unpaired) electrons. The fourth-order valence-corrected chi connectivity index (χ4v) is 1.82. The van der Waals surface area contributed by atoms with Gasteiger partial charge in [-0.15, -0.1) is 10.2 Å². The van der Waals surface area contributed by atoms with Gasteiger partial charge in [-0.1, -0.05) is 26.3 Å². The molecule has 92 valence electrons. The minimum absolute atomic E-state index is 0.496. The van der Waals surface area contributed by atoms with E-state index < -0.39 is 0 Å². The summed E-state index contributed by atoms with van der Waals surface area (Å²) in [5, 5.41) is 11.8. The minimum atomic E-state index is 0.496. The van der Waals surface area contributed by atoms with Gasteiger partial charge in [0.05, 0.1) is 6.54 Å². The summed E-state index contributed by atoms with van der Waals surface area (Å²) in [5.74, 6) is 1.64. The number of hydrogen-bond donors (Lipinski definition) is 1. The van der Waals surface area contributed by atoms with E-state index in [0.717, 1.165) is 18.0 Å². The molecule has 0 saturated heterocycles. The summed E-state index contributed by atoms with van der Waals surface area (Å²) in [4.78, 5) is 0. The second kappa shape index (κ2) is 5.27. The summed E-state index contributed by atoms with van der Waals surface area (Å²) in [7, 11) is 0. The minimum Gasteiger partial charge on any atom is -0.307 e. The first-order valence-electron chi connectivity index (χ1n) is 6.24. The van der Waals surface area contributed by atoms with Crippen LogP contribution in [-0.2, 0) is 6.54 Å². The molecule has 0 aliphatic carbocycles. The van der Waals surface area contributed by atoms with Gasteiger partial charge in [-0.05, 0) is 25.0 Å². The Morgan fingerprint density at radius 2 is 2.12 bits per heavy atom. The molecule has 4 nitrogen and oxygen atoms in total. The van der Waals surface area contributed by atoms with Crippen LogP contribution < -0.4 is 5.32 Å². The normalized spacial score (nSPS) is 15.0. The van der Waals surface area contributed by atoms with Crippen molar-refractivity contribution >= 4 is 5.65 Å². The highest BCUT2D eigenvalue weighted by Gasteiger charge is 2.11. The monoisotopic (exact) mass is 232 g/mol. The van der Waals surface area contributed by atoms with Crippen molar-refractivity contribution < 1.29 is 0 Å². The average molecular weight is 232 g/mol. The van der Waals surface area contributed by atoms with Crippen molar-refractivity contribution in [1.82, 2.24) is 19.9 Å². The average Bonchev–Trinajstić information content (AvgIpc) is 2.78. The van der Waals surface area contributed by atoms with Gasteiger partial charge in [-0.25, -0.2) is 0 Å². The van der Waals surface area contributed by atoms with E-state index in [1.54, 1.807) is 0 Å². The Kier molecular flexibility index (Phi) is 3.74. The summed E-state index contributed by atoms with van der Waals surface area (Å²) >= 11 is 0. The smallest absolute Gasteiger partial charge is 0.160 e. The Balaban J connectivity index is 2.04. The molecular weight excluding hydrogens is 212 g/mol. The molecule has 0 unspecified atom stereocenters. The van der Waals surface area contributed by atoms with E-state index in [-0.39, 0.29) is 0 Å². The summed E-state index contributed by atoms with van der Waals surface area (Å²) in [6, 6.07) is 6.44. The van der Waals surface area contributed by atoms with Crippen molar-refractivity contribution in [2.75, 3.05) is 0 Å². The van der Waals surface area contributed by atoms with Crippen molar-refractivity contribution in [2.45, 2.75) is 39.8 Å². The van der Waals surface area contributed by atoms with Crippen LogP contribution in [0.3, 0.4) is 0 Å². The lowest BCUT2D eigenvalue weighted by atomic mass is 10.0. The predicted octanol–water partition coefficient (Wildman–Crippen LogP) is 2.25. The molecular formula is C13H20N4. The Labute approximate surface area is 102 Å². The van der Waals surface area contributed by atoms with E-state index in [0.29, 0.717) is 12.0 Å². The van der Waals surface area contributed by atoms with E-state index in [4.69, 9.17) is 0 Å². The molecule has 4 heteroatoms. The maximum atomic E-state index is 4.20. The number of rotatable bonds is 5. The Morgan fingerprint density at radius 3 is 2.88 bits per heavy atom. The first-order valence-corrected chi connectivity index (χ1v) is 6.24. The van der Waals surface area contributed by atoms with E-state index >= 15 is 0 Å². The number of nitrogens with one attached hydrogen (secondary N) is 1. The van der Waals surface area contributed by atoms with Crippen LogP contribution in [0, 0.1) is 5.92 Å². The standard InChI is InChI=1S/C13H20N4/c1-4-10(2)11(3)14-9-13-16-15-12-7-5-6-8-17(12)13/h5-8,10-11,14H,4,9H2,1-3H3/t10-,11-/m0/s1. The molecule has 0 aliphatic heterocycles. The van der Waals surface area contributed by atoms with Gasteiger partial charge < -0.3 is 5.32 Å². The second-order valence-electron chi connectivity index (χ2n) is 4.60. The third-order valence-corrected chi connectivity index (χ3v) is 3.46. The van der Waals surface area contributed by atoms with Crippen molar-refractivity contribution in [2.24, 2.45) is 5.92 Å². The fourth-order valence-electron chi connectivity index (χ4n) is 1.82. The third kappa shape index (κ3) is 2.64. The quantitative estimate of drug-likeness (QED) is 0.859. The Hall–Kier alpha value is -1.42. The highest BCUT2D eigenvalue weighted by Crippen LogP contribution is 2.08. The van der Waals surface area contributed by atoms with E-state index in [9.17, 15) is 0 Å². The highest BCUT2D eigenvalue weighted by atomic mass is 15.3. The molecule has 0 amide bonds. The van der Waals surface area contributed by atoms with Gasteiger partial charge in [0.2, 0.25) is 0 Å². The lowest BCUT2D eigenvalue weighted by molar-refractivity contribution is 0.385. The van der Waals surface area contributed by atoms with Crippen LogP contribution in [0.1, 0.15) is 33.0 Å². The largest absolute Gasteiger partial charge is 0.307 e. The first kappa shape index (κ1) is 12.0. The lowest BCUT2D eigenvalue weighted by Gasteiger charge is -2.19. The fraction of sp³-hybridized carbons (Fsp3) is 0.538. The third-order valence-electron chi connectivity index (χ3n) is 3.46. The van der Waals surface area contributed by atoms with Gasteiger partial charge in [-0.3, -0.25) is 4.40 Å². The van der Waals surface area contributed by atoms with Gasteiger partial charge in [0.1, 0.15) is 0 Å². The molecule has 2 aromatic heterocycles. The summed E-state index contributed by atoms with van der Waals surface area (Å²) < 4.78 is 2.02. The number of pyridine rings is 1. The van der Waals surface area contributed by atoms with Gasteiger partial charge in [0.15, 0.2) is 11.5 Å². The molecule has 17 heavy (non-hydrogen) atoms. The van der Waals surface area contributed by atoms with Crippen LogP contribution >= 0.6 is 0 Å². The van der Waals surface area contributed by atoms with E-state index in [1.807, 2.05) is 28.8 Å². The summed E-state index contributed by atoms with van der Waals surface area (Å²) in [6.45, 7) is 7.46. The topological polar surface area (TPSA) is 42.2 Å². The number of aromatic nitrogens is 3.